The Hall–Kier alpha value is -1.94. The average molecular weight is 1280 g/mol. The summed E-state index contributed by atoms with van der Waals surface area (Å²) in [7, 11) is -9.89. The van der Waals surface area contributed by atoms with Crippen LogP contribution in [0.5, 0.6) is 0 Å². The second kappa shape index (κ2) is 60.3. The number of ether oxygens (including phenoxy) is 4. The lowest BCUT2D eigenvalue weighted by atomic mass is 10.00. The van der Waals surface area contributed by atoms with Crippen LogP contribution in [0.25, 0.3) is 0 Å². The van der Waals surface area contributed by atoms with Gasteiger partial charge >= 0.3 is 39.5 Å². The highest BCUT2D eigenvalue weighted by Crippen LogP contribution is 2.45. The van der Waals surface area contributed by atoms with E-state index in [4.69, 9.17) is 37.0 Å². The Morgan fingerprint density at radius 1 is 0.333 bits per heavy atom. The molecule has 516 valence electrons. The van der Waals surface area contributed by atoms with Crippen LogP contribution >= 0.6 is 15.6 Å². The summed E-state index contributed by atoms with van der Waals surface area (Å²) in [5, 5.41) is 10.6. The quantitative estimate of drug-likeness (QED) is 0.0222. The predicted octanol–water partition coefficient (Wildman–Crippen LogP) is 19.2. The minimum atomic E-state index is -4.95. The van der Waals surface area contributed by atoms with Gasteiger partial charge in [0, 0.05) is 25.7 Å². The highest BCUT2D eigenvalue weighted by atomic mass is 31.2. The van der Waals surface area contributed by atoms with E-state index < -0.39 is 97.5 Å². The van der Waals surface area contributed by atoms with E-state index >= 15 is 0 Å². The third-order valence-corrected chi connectivity index (χ3v) is 18.0. The van der Waals surface area contributed by atoms with Gasteiger partial charge in [-0.3, -0.25) is 37.3 Å². The molecule has 17 nitrogen and oxygen atoms in total. The Labute approximate surface area is 530 Å². The van der Waals surface area contributed by atoms with Gasteiger partial charge in [-0.1, -0.05) is 292 Å². The number of unbranched alkanes of at least 4 members (excludes halogenated alkanes) is 36. The summed E-state index contributed by atoms with van der Waals surface area (Å²) in [5.74, 6) is -0.619. The zero-order chi connectivity index (χ0) is 64.3. The molecule has 0 rings (SSSR count). The van der Waals surface area contributed by atoms with Crippen LogP contribution in [0.2, 0.25) is 0 Å². The number of phosphoric acid groups is 2. The number of rotatable bonds is 67. The van der Waals surface area contributed by atoms with E-state index in [-0.39, 0.29) is 25.7 Å². The number of hydrogen-bond donors (Lipinski definition) is 3. The molecule has 0 aromatic rings. The summed E-state index contributed by atoms with van der Waals surface area (Å²) in [6, 6.07) is 0. The van der Waals surface area contributed by atoms with Crippen LogP contribution in [-0.2, 0) is 65.4 Å². The number of carbonyl (C=O) groups is 4. The largest absolute Gasteiger partial charge is 0.472 e. The molecule has 0 fully saturated rings. The number of hydrogen-bond acceptors (Lipinski definition) is 15. The molecule has 0 aromatic heterocycles. The van der Waals surface area contributed by atoms with E-state index in [0.29, 0.717) is 25.7 Å². The lowest BCUT2D eigenvalue weighted by Crippen LogP contribution is -2.30. The van der Waals surface area contributed by atoms with E-state index in [2.05, 4.69) is 41.5 Å². The van der Waals surface area contributed by atoms with Gasteiger partial charge in [-0.2, -0.15) is 0 Å². The van der Waals surface area contributed by atoms with Gasteiger partial charge in [0.1, 0.15) is 19.3 Å². The number of aliphatic hydroxyl groups is 1. The molecule has 3 unspecified atom stereocenters. The zero-order valence-corrected chi connectivity index (χ0v) is 58.1. The minimum absolute atomic E-state index is 0.106. The average Bonchev–Trinajstić information content (AvgIpc) is 3.59. The first-order valence-corrected chi connectivity index (χ1v) is 38.5. The van der Waals surface area contributed by atoms with Crippen LogP contribution in [0, 0.1) is 11.8 Å². The number of esters is 4. The molecule has 6 atom stereocenters. The van der Waals surface area contributed by atoms with Crippen molar-refractivity contribution in [3.8, 4) is 0 Å². The van der Waals surface area contributed by atoms with Gasteiger partial charge in [-0.05, 0) is 37.5 Å². The molecular formula is C68H132O17P2. The molecule has 0 heterocycles. The highest BCUT2D eigenvalue weighted by molar-refractivity contribution is 7.47. The summed E-state index contributed by atoms with van der Waals surface area (Å²) in [4.78, 5) is 72.4. The molecule has 0 spiro atoms. The monoisotopic (exact) mass is 1280 g/mol. The standard InChI is InChI=1S/C68H132O17P2/c1-7-10-12-14-16-18-22-27-31-38-44-50-65(70)78-56-63(84-68(73)53-47-41-33-29-25-21-20-24-26-30-36-42-48-60(4)5)58-82-86(74,75)80-54-62(69)55-81-87(76,77)83-59-64(57-79-66(71)51-45-39-35-34-37-43-49-61(6)9-3)85-67(72)52-46-40-32-28-23-19-17-15-13-11-8-2/h60-64,69H,7-59H2,1-6H3,(H,74,75)(H,76,77)/t61?,62-,63-,64-/m1/s1. The molecule has 0 saturated heterocycles. The minimum Gasteiger partial charge on any atom is -0.462 e. The van der Waals surface area contributed by atoms with Gasteiger partial charge < -0.3 is 33.8 Å². The van der Waals surface area contributed by atoms with Crippen LogP contribution < -0.4 is 0 Å². The van der Waals surface area contributed by atoms with Gasteiger partial charge in [0.25, 0.3) is 0 Å². The van der Waals surface area contributed by atoms with Crippen molar-refractivity contribution in [1.29, 1.82) is 0 Å². The van der Waals surface area contributed by atoms with Gasteiger partial charge in [0.05, 0.1) is 26.4 Å². The Morgan fingerprint density at radius 2 is 0.586 bits per heavy atom. The number of carbonyl (C=O) groups excluding carboxylic acids is 4. The van der Waals surface area contributed by atoms with Gasteiger partial charge in [0.2, 0.25) is 0 Å². The molecule has 0 aliphatic rings. The molecular weight excluding hydrogens is 1150 g/mol. The number of phosphoric ester groups is 2. The third kappa shape index (κ3) is 61.3. The number of aliphatic hydroxyl groups excluding tert-OH is 1. The molecule has 19 heteroatoms. The van der Waals surface area contributed by atoms with Crippen molar-refractivity contribution < 1.29 is 80.2 Å². The second-order valence-corrected chi connectivity index (χ2v) is 28.2. The SMILES string of the molecule is CCCCCCCCCCCCCC(=O)OC[C@H](COP(=O)(O)OC[C@@H](O)COP(=O)(O)OC[C@@H](COC(=O)CCCCCCCCC(C)CC)OC(=O)CCCCCCCCCCCCC)OC(=O)CCCCCCCCCCCCCCC(C)C. The van der Waals surface area contributed by atoms with E-state index in [1.807, 2.05) is 0 Å². The normalized spacial score (nSPS) is 14.5. The lowest BCUT2D eigenvalue weighted by molar-refractivity contribution is -0.161. The Morgan fingerprint density at radius 3 is 0.874 bits per heavy atom. The van der Waals surface area contributed by atoms with E-state index in [1.54, 1.807) is 0 Å². The van der Waals surface area contributed by atoms with Crippen LogP contribution in [0.15, 0.2) is 0 Å². The van der Waals surface area contributed by atoms with Gasteiger partial charge in [-0.25, -0.2) is 9.13 Å². The molecule has 0 aliphatic carbocycles. The Kier molecular flexibility index (Phi) is 59.0. The first kappa shape index (κ1) is 85.1. The Bertz CT molecular complexity index is 1700. The first-order valence-electron chi connectivity index (χ1n) is 35.5. The Balaban J connectivity index is 5.25. The second-order valence-electron chi connectivity index (χ2n) is 25.3. The van der Waals surface area contributed by atoms with Gasteiger partial charge in [-0.15, -0.1) is 0 Å². The fourth-order valence-corrected chi connectivity index (χ4v) is 11.8. The highest BCUT2D eigenvalue weighted by Gasteiger charge is 2.30. The smallest absolute Gasteiger partial charge is 0.462 e. The van der Waals surface area contributed by atoms with Crippen molar-refractivity contribution in [1.82, 2.24) is 0 Å². The topological polar surface area (TPSA) is 237 Å². The molecule has 0 aliphatic heterocycles. The summed E-state index contributed by atoms with van der Waals surface area (Å²) in [6.07, 6.45) is 44.3. The van der Waals surface area contributed by atoms with Crippen LogP contribution in [0.1, 0.15) is 343 Å². The maximum atomic E-state index is 13.0. The maximum Gasteiger partial charge on any atom is 0.472 e. The third-order valence-electron chi connectivity index (χ3n) is 16.1. The fourth-order valence-electron chi connectivity index (χ4n) is 10.2. The van der Waals surface area contributed by atoms with Crippen molar-refractivity contribution in [2.75, 3.05) is 39.6 Å². The molecule has 3 N–H and O–H groups in total. The molecule has 0 bridgehead atoms. The van der Waals surface area contributed by atoms with Crippen LogP contribution in [-0.4, -0.2) is 96.7 Å². The summed E-state index contributed by atoms with van der Waals surface area (Å²) in [5.41, 5.74) is 0. The molecule has 0 aromatic carbocycles. The fraction of sp³-hybridized carbons (Fsp3) is 0.941. The van der Waals surface area contributed by atoms with Crippen LogP contribution in [0.3, 0.4) is 0 Å². The summed E-state index contributed by atoms with van der Waals surface area (Å²) >= 11 is 0. The van der Waals surface area contributed by atoms with E-state index in [1.165, 1.54) is 154 Å². The molecule has 0 radical (unpaired) electrons. The maximum absolute atomic E-state index is 13.0. The molecule has 0 saturated carbocycles. The predicted molar refractivity (Wildman–Crippen MR) is 349 cm³/mol. The van der Waals surface area contributed by atoms with Crippen molar-refractivity contribution in [3.63, 3.8) is 0 Å². The first-order chi connectivity index (χ1) is 41.9. The van der Waals surface area contributed by atoms with Crippen molar-refractivity contribution >= 4 is 39.5 Å². The van der Waals surface area contributed by atoms with Gasteiger partial charge in [0.15, 0.2) is 12.2 Å². The van der Waals surface area contributed by atoms with Crippen molar-refractivity contribution in [2.24, 2.45) is 11.8 Å². The summed E-state index contributed by atoms with van der Waals surface area (Å²) < 4.78 is 68.2. The van der Waals surface area contributed by atoms with E-state index in [9.17, 15) is 43.2 Å². The van der Waals surface area contributed by atoms with Crippen molar-refractivity contribution in [3.05, 3.63) is 0 Å². The van der Waals surface area contributed by atoms with Crippen LogP contribution in [0.4, 0.5) is 0 Å². The molecule has 0 amide bonds. The summed E-state index contributed by atoms with van der Waals surface area (Å²) in [6.45, 7) is 9.50. The molecule has 87 heavy (non-hydrogen) atoms. The lowest BCUT2D eigenvalue weighted by Gasteiger charge is -2.21. The zero-order valence-electron chi connectivity index (χ0n) is 56.3. The van der Waals surface area contributed by atoms with E-state index in [0.717, 1.165) is 108 Å². The van der Waals surface area contributed by atoms with Crippen molar-refractivity contribution in [2.45, 2.75) is 362 Å².